The third-order valence-corrected chi connectivity index (χ3v) is 3.87. The van der Waals surface area contributed by atoms with Gasteiger partial charge in [-0.15, -0.1) is 0 Å². The van der Waals surface area contributed by atoms with Gasteiger partial charge >= 0.3 is 5.97 Å². The van der Waals surface area contributed by atoms with Gasteiger partial charge in [0.05, 0.1) is 16.6 Å². The number of carbonyl (C=O) groups excluding carboxylic acids is 2. The van der Waals surface area contributed by atoms with Gasteiger partial charge in [-0.05, 0) is 30.2 Å². The maximum atomic E-state index is 11.6. The molecule has 1 heterocycles. The number of rotatable bonds is 5. The summed E-state index contributed by atoms with van der Waals surface area (Å²) < 4.78 is 5.05. The van der Waals surface area contributed by atoms with E-state index in [0.29, 0.717) is 23.0 Å². The molecule has 112 valence electrons. The van der Waals surface area contributed by atoms with Crippen molar-refractivity contribution in [3.8, 4) is 0 Å². The predicted molar refractivity (Wildman–Crippen MR) is 82.3 cm³/mol. The summed E-state index contributed by atoms with van der Waals surface area (Å²) in [6.45, 7) is 1.40. The van der Waals surface area contributed by atoms with E-state index in [9.17, 15) is 9.59 Å². The summed E-state index contributed by atoms with van der Waals surface area (Å²) in [5.41, 5.74) is 0.760. The SMILES string of the molecule is O=C(/C=C/c1ccc(Cl)c(Cl)c1)OCCN1CCCC1=O. The second-order valence-electron chi connectivity index (χ2n) is 4.66. The van der Waals surface area contributed by atoms with Crippen molar-refractivity contribution in [1.29, 1.82) is 0 Å². The molecule has 0 aromatic heterocycles. The topological polar surface area (TPSA) is 46.6 Å². The second-order valence-corrected chi connectivity index (χ2v) is 5.47. The molecule has 1 amide bonds. The van der Waals surface area contributed by atoms with Gasteiger partial charge in [-0.3, -0.25) is 4.79 Å². The summed E-state index contributed by atoms with van der Waals surface area (Å²) in [5.74, 6) is -0.329. The van der Waals surface area contributed by atoms with Gasteiger partial charge in [0, 0.05) is 19.0 Å². The quantitative estimate of drug-likeness (QED) is 0.616. The molecule has 1 fully saturated rings. The third kappa shape index (κ3) is 4.76. The maximum absolute atomic E-state index is 11.6. The van der Waals surface area contributed by atoms with Gasteiger partial charge < -0.3 is 9.64 Å². The minimum atomic E-state index is -0.451. The molecule has 4 nitrogen and oxygen atoms in total. The van der Waals surface area contributed by atoms with Gasteiger partial charge in [0.1, 0.15) is 6.61 Å². The Bertz CT molecular complexity index is 572. The monoisotopic (exact) mass is 327 g/mol. The van der Waals surface area contributed by atoms with E-state index in [4.69, 9.17) is 27.9 Å². The fourth-order valence-electron chi connectivity index (χ4n) is 2.03. The lowest BCUT2D eigenvalue weighted by Crippen LogP contribution is -2.29. The number of amides is 1. The molecule has 1 aromatic rings. The summed E-state index contributed by atoms with van der Waals surface area (Å²) in [4.78, 5) is 24.6. The van der Waals surface area contributed by atoms with Crippen LogP contribution in [0.25, 0.3) is 6.08 Å². The molecular weight excluding hydrogens is 313 g/mol. The molecule has 0 aliphatic carbocycles. The number of benzene rings is 1. The van der Waals surface area contributed by atoms with Crippen LogP contribution in [0.5, 0.6) is 0 Å². The van der Waals surface area contributed by atoms with Crippen molar-refractivity contribution in [2.75, 3.05) is 19.7 Å². The first-order valence-electron chi connectivity index (χ1n) is 6.64. The Morgan fingerprint density at radius 2 is 2.14 bits per heavy atom. The van der Waals surface area contributed by atoms with Crippen molar-refractivity contribution in [1.82, 2.24) is 4.90 Å². The zero-order valence-electron chi connectivity index (χ0n) is 11.4. The molecule has 0 radical (unpaired) electrons. The number of nitrogens with zero attached hydrogens (tertiary/aromatic N) is 1. The minimum Gasteiger partial charge on any atom is -0.461 e. The summed E-state index contributed by atoms with van der Waals surface area (Å²) >= 11 is 11.7. The highest BCUT2D eigenvalue weighted by atomic mass is 35.5. The zero-order valence-corrected chi connectivity index (χ0v) is 12.9. The fourth-order valence-corrected chi connectivity index (χ4v) is 2.33. The molecule has 1 aliphatic heterocycles. The number of esters is 1. The van der Waals surface area contributed by atoms with Crippen molar-refractivity contribution in [3.05, 3.63) is 39.9 Å². The van der Waals surface area contributed by atoms with Crippen LogP contribution < -0.4 is 0 Å². The highest BCUT2D eigenvalue weighted by Crippen LogP contribution is 2.23. The van der Waals surface area contributed by atoms with Gasteiger partial charge in [-0.2, -0.15) is 0 Å². The van der Waals surface area contributed by atoms with E-state index >= 15 is 0 Å². The van der Waals surface area contributed by atoms with Gasteiger partial charge in [-0.25, -0.2) is 4.79 Å². The van der Waals surface area contributed by atoms with Crippen LogP contribution in [0.3, 0.4) is 0 Å². The molecule has 6 heteroatoms. The summed E-state index contributed by atoms with van der Waals surface area (Å²) in [5, 5.41) is 0.895. The lowest BCUT2D eigenvalue weighted by atomic mass is 10.2. The second kappa shape index (κ2) is 7.48. The van der Waals surface area contributed by atoms with Gasteiger partial charge in [0.2, 0.25) is 5.91 Å². The van der Waals surface area contributed by atoms with Crippen LogP contribution >= 0.6 is 23.2 Å². The molecule has 0 atom stereocenters. The summed E-state index contributed by atoms with van der Waals surface area (Å²) in [6, 6.07) is 5.07. The Balaban J connectivity index is 1.77. The molecule has 0 N–H and O–H groups in total. The van der Waals surface area contributed by atoms with Crippen LogP contribution in [-0.2, 0) is 14.3 Å². The van der Waals surface area contributed by atoms with E-state index in [-0.39, 0.29) is 12.5 Å². The van der Waals surface area contributed by atoms with E-state index in [1.165, 1.54) is 6.08 Å². The van der Waals surface area contributed by atoms with E-state index in [1.807, 2.05) is 0 Å². The lowest BCUT2D eigenvalue weighted by Gasteiger charge is -2.14. The highest BCUT2D eigenvalue weighted by Gasteiger charge is 2.19. The van der Waals surface area contributed by atoms with Crippen molar-refractivity contribution >= 4 is 41.2 Å². The molecule has 0 spiro atoms. The van der Waals surface area contributed by atoms with Gasteiger partial charge in [0.25, 0.3) is 0 Å². The first-order valence-corrected chi connectivity index (χ1v) is 7.39. The van der Waals surface area contributed by atoms with Crippen LogP contribution in [0, 0.1) is 0 Å². The standard InChI is InChI=1S/C15H15Cl2NO3/c16-12-5-3-11(10-13(12)17)4-6-15(20)21-9-8-18-7-1-2-14(18)19/h3-6,10H,1-2,7-9H2/b6-4+. The van der Waals surface area contributed by atoms with E-state index in [1.54, 1.807) is 29.2 Å². The molecule has 2 rings (SSSR count). The van der Waals surface area contributed by atoms with E-state index in [2.05, 4.69) is 0 Å². The van der Waals surface area contributed by atoms with Crippen LogP contribution in [0.2, 0.25) is 10.0 Å². The largest absolute Gasteiger partial charge is 0.461 e. The normalized spacial score (nSPS) is 15.0. The zero-order chi connectivity index (χ0) is 15.2. The van der Waals surface area contributed by atoms with Crippen LogP contribution in [0.1, 0.15) is 18.4 Å². The lowest BCUT2D eigenvalue weighted by molar-refractivity contribution is -0.139. The van der Waals surface area contributed by atoms with E-state index in [0.717, 1.165) is 18.5 Å². The average Bonchev–Trinajstić information content (AvgIpc) is 2.86. The van der Waals surface area contributed by atoms with Crippen molar-refractivity contribution in [3.63, 3.8) is 0 Å². The van der Waals surface area contributed by atoms with E-state index < -0.39 is 5.97 Å². The van der Waals surface area contributed by atoms with Crippen LogP contribution in [0.15, 0.2) is 24.3 Å². The first kappa shape index (κ1) is 15.9. The fraction of sp³-hybridized carbons (Fsp3) is 0.333. The molecule has 1 aromatic carbocycles. The minimum absolute atomic E-state index is 0.123. The molecule has 21 heavy (non-hydrogen) atoms. The predicted octanol–water partition coefficient (Wildman–Crippen LogP) is 3.17. The molecule has 1 saturated heterocycles. The highest BCUT2D eigenvalue weighted by molar-refractivity contribution is 6.42. The number of hydrogen-bond acceptors (Lipinski definition) is 3. The Labute approximate surface area is 133 Å². The van der Waals surface area contributed by atoms with Crippen molar-refractivity contribution in [2.45, 2.75) is 12.8 Å². The molecule has 0 bridgehead atoms. The number of carbonyl (C=O) groups is 2. The Morgan fingerprint density at radius 3 is 2.81 bits per heavy atom. The summed E-state index contributed by atoms with van der Waals surface area (Å²) in [7, 11) is 0. The number of likely N-dealkylation sites (tertiary alicyclic amines) is 1. The Kier molecular flexibility index (Phi) is 5.65. The maximum Gasteiger partial charge on any atom is 0.330 e. The van der Waals surface area contributed by atoms with Gasteiger partial charge in [0.15, 0.2) is 0 Å². The molecule has 0 saturated carbocycles. The number of ether oxygens (including phenoxy) is 1. The number of hydrogen-bond donors (Lipinski definition) is 0. The molecule has 0 unspecified atom stereocenters. The Hall–Kier alpha value is -1.52. The van der Waals surface area contributed by atoms with Crippen LogP contribution in [-0.4, -0.2) is 36.5 Å². The molecule has 1 aliphatic rings. The van der Waals surface area contributed by atoms with Crippen LogP contribution in [0.4, 0.5) is 0 Å². The molecular formula is C15H15Cl2NO3. The summed E-state index contributed by atoms with van der Waals surface area (Å²) in [6.07, 6.45) is 4.39. The van der Waals surface area contributed by atoms with Gasteiger partial charge in [-0.1, -0.05) is 29.3 Å². The van der Waals surface area contributed by atoms with Crippen molar-refractivity contribution < 1.29 is 14.3 Å². The third-order valence-electron chi connectivity index (χ3n) is 3.13. The smallest absolute Gasteiger partial charge is 0.330 e. The number of halogens is 2. The van der Waals surface area contributed by atoms with Crippen molar-refractivity contribution in [2.24, 2.45) is 0 Å². The Morgan fingerprint density at radius 1 is 1.33 bits per heavy atom. The average molecular weight is 328 g/mol. The first-order chi connectivity index (χ1) is 10.1.